The average Bonchev–Trinajstić information content (AvgIpc) is 2.45. The van der Waals surface area contributed by atoms with Crippen molar-refractivity contribution in [3.63, 3.8) is 0 Å². The van der Waals surface area contributed by atoms with E-state index >= 15 is 0 Å². The summed E-state index contributed by atoms with van der Waals surface area (Å²) in [5.41, 5.74) is 4.63. The number of aryl methyl sites for hydroxylation is 3. The molecule has 20 heavy (non-hydrogen) atoms. The Morgan fingerprint density at radius 3 is 2.75 bits per heavy atom. The van der Waals surface area contributed by atoms with Gasteiger partial charge in [0.2, 0.25) is 5.91 Å². The Hall–Kier alpha value is -2.16. The molecule has 104 valence electrons. The van der Waals surface area contributed by atoms with Crippen molar-refractivity contribution in [3.8, 4) is 0 Å². The van der Waals surface area contributed by atoms with Crippen LogP contribution in [0.2, 0.25) is 0 Å². The lowest BCUT2D eigenvalue weighted by Gasteiger charge is -2.07. The smallest absolute Gasteiger partial charge is 0.220 e. The van der Waals surface area contributed by atoms with Crippen molar-refractivity contribution in [2.75, 3.05) is 0 Å². The number of carbonyl (C=O) groups is 1. The molecular formula is C17H20N2O. The Kier molecular flexibility index (Phi) is 4.88. The minimum atomic E-state index is 0.0654. The number of aromatic nitrogens is 1. The normalized spacial score (nSPS) is 10.3. The van der Waals surface area contributed by atoms with E-state index < -0.39 is 0 Å². The maximum Gasteiger partial charge on any atom is 0.220 e. The van der Waals surface area contributed by atoms with Crippen LogP contribution in [-0.2, 0) is 17.8 Å². The van der Waals surface area contributed by atoms with E-state index in [1.807, 2.05) is 18.2 Å². The summed E-state index contributed by atoms with van der Waals surface area (Å²) >= 11 is 0. The van der Waals surface area contributed by atoms with Crippen LogP contribution in [0.1, 0.15) is 28.8 Å². The average molecular weight is 268 g/mol. The van der Waals surface area contributed by atoms with Crippen molar-refractivity contribution in [1.82, 2.24) is 10.3 Å². The Morgan fingerprint density at radius 1 is 1.20 bits per heavy atom. The Bertz CT molecular complexity index is 579. The van der Waals surface area contributed by atoms with E-state index in [9.17, 15) is 4.79 Å². The Morgan fingerprint density at radius 2 is 2.05 bits per heavy atom. The van der Waals surface area contributed by atoms with Crippen LogP contribution in [0.3, 0.4) is 0 Å². The zero-order valence-corrected chi connectivity index (χ0v) is 12.0. The fourth-order valence-corrected chi connectivity index (χ4v) is 2.15. The fourth-order valence-electron chi connectivity index (χ4n) is 2.15. The summed E-state index contributed by atoms with van der Waals surface area (Å²) in [6.45, 7) is 4.66. The highest BCUT2D eigenvalue weighted by Crippen LogP contribution is 2.12. The quantitative estimate of drug-likeness (QED) is 0.906. The van der Waals surface area contributed by atoms with Crippen molar-refractivity contribution in [1.29, 1.82) is 0 Å². The maximum atomic E-state index is 11.8. The first kappa shape index (κ1) is 14.3. The first-order valence-electron chi connectivity index (χ1n) is 6.88. The molecule has 1 heterocycles. The standard InChI is InChI=1S/C17H20N2O/c1-13-6-7-15(14(2)11-13)8-9-17(20)19-12-16-5-3-4-10-18-16/h3-7,10-11H,8-9,12H2,1-2H3,(H,19,20). The van der Waals surface area contributed by atoms with Crippen LogP contribution in [0.25, 0.3) is 0 Å². The highest BCUT2D eigenvalue weighted by Gasteiger charge is 2.04. The van der Waals surface area contributed by atoms with Gasteiger partial charge in [0.25, 0.3) is 0 Å². The van der Waals surface area contributed by atoms with E-state index in [1.165, 1.54) is 16.7 Å². The predicted molar refractivity (Wildman–Crippen MR) is 80.3 cm³/mol. The molecule has 0 atom stereocenters. The third kappa shape index (κ3) is 4.19. The van der Waals surface area contributed by atoms with Gasteiger partial charge in [-0.1, -0.05) is 29.8 Å². The van der Waals surface area contributed by atoms with Gasteiger partial charge >= 0.3 is 0 Å². The zero-order chi connectivity index (χ0) is 14.4. The number of amides is 1. The lowest BCUT2D eigenvalue weighted by atomic mass is 10.0. The molecule has 1 aromatic carbocycles. The Labute approximate surface area is 120 Å². The molecule has 0 bridgehead atoms. The minimum Gasteiger partial charge on any atom is -0.350 e. The second kappa shape index (κ2) is 6.85. The van der Waals surface area contributed by atoms with E-state index in [4.69, 9.17) is 0 Å². The molecular weight excluding hydrogens is 248 g/mol. The van der Waals surface area contributed by atoms with Crippen LogP contribution in [0.5, 0.6) is 0 Å². The van der Waals surface area contributed by atoms with Crippen LogP contribution >= 0.6 is 0 Å². The number of benzene rings is 1. The SMILES string of the molecule is Cc1ccc(CCC(=O)NCc2ccccn2)c(C)c1. The lowest BCUT2D eigenvalue weighted by Crippen LogP contribution is -2.23. The largest absolute Gasteiger partial charge is 0.350 e. The summed E-state index contributed by atoms with van der Waals surface area (Å²) in [4.78, 5) is 16.0. The molecule has 1 N–H and O–H groups in total. The van der Waals surface area contributed by atoms with E-state index in [0.717, 1.165) is 12.1 Å². The highest BCUT2D eigenvalue weighted by molar-refractivity contribution is 5.76. The van der Waals surface area contributed by atoms with Crippen LogP contribution < -0.4 is 5.32 Å². The number of nitrogens with one attached hydrogen (secondary N) is 1. The third-order valence-corrected chi connectivity index (χ3v) is 3.31. The molecule has 3 heteroatoms. The van der Waals surface area contributed by atoms with Crippen LogP contribution in [0.15, 0.2) is 42.6 Å². The summed E-state index contributed by atoms with van der Waals surface area (Å²) in [5.74, 6) is 0.0654. The summed E-state index contributed by atoms with van der Waals surface area (Å²) in [6.07, 6.45) is 3.02. The summed E-state index contributed by atoms with van der Waals surface area (Å²) in [5, 5.41) is 2.90. The first-order chi connectivity index (χ1) is 9.65. The predicted octanol–water partition coefficient (Wildman–Crippen LogP) is 2.95. The summed E-state index contributed by atoms with van der Waals surface area (Å²) in [7, 11) is 0. The van der Waals surface area contributed by atoms with E-state index in [0.29, 0.717) is 13.0 Å². The highest BCUT2D eigenvalue weighted by atomic mass is 16.1. The number of pyridine rings is 1. The van der Waals surface area contributed by atoms with Crippen molar-refractivity contribution in [2.45, 2.75) is 33.2 Å². The van der Waals surface area contributed by atoms with Gasteiger partial charge < -0.3 is 5.32 Å². The fraction of sp³-hybridized carbons (Fsp3) is 0.294. The molecule has 0 radical (unpaired) electrons. The van der Waals surface area contributed by atoms with Gasteiger partial charge in [-0.25, -0.2) is 0 Å². The third-order valence-electron chi connectivity index (χ3n) is 3.31. The lowest BCUT2D eigenvalue weighted by molar-refractivity contribution is -0.121. The minimum absolute atomic E-state index is 0.0654. The number of rotatable bonds is 5. The van der Waals surface area contributed by atoms with Gasteiger partial charge in [0.05, 0.1) is 12.2 Å². The van der Waals surface area contributed by atoms with Crippen LogP contribution in [0, 0.1) is 13.8 Å². The van der Waals surface area contributed by atoms with Crippen LogP contribution in [0.4, 0.5) is 0 Å². The van der Waals surface area contributed by atoms with Crippen LogP contribution in [-0.4, -0.2) is 10.9 Å². The number of nitrogens with zero attached hydrogens (tertiary/aromatic N) is 1. The molecule has 0 aliphatic carbocycles. The Balaban J connectivity index is 1.80. The number of carbonyl (C=O) groups excluding carboxylic acids is 1. The van der Waals surface area contributed by atoms with E-state index in [1.54, 1.807) is 6.20 Å². The molecule has 0 unspecified atom stereocenters. The second-order valence-electron chi connectivity index (χ2n) is 5.03. The van der Waals surface area contributed by atoms with Crippen molar-refractivity contribution >= 4 is 5.91 Å². The molecule has 0 saturated carbocycles. The van der Waals surface area contributed by atoms with Crippen molar-refractivity contribution < 1.29 is 4.79 Å². The molecule has 0 aliphatic heterocycles. The van der Waals surface area contributed by atoms with Gasteiger partial charge in [0.1, 0.15) is 0 Å². The monoisotopic (exact) mass is 268 g/mol. The molecule has 0 fully saturated rings. The molecule has 1 amide bonds. The summed E-state index contributed by atoms with van der Waals surface area (Å²) in [6, 6.07) is 12.0. The molecule has 1 aromatic heterocycles. The maximum absolute atomic E-state index is 11.8. The van der Waals surface area contributed by atoms with Gasteiger partial charge in [0, 0.05) is 12.6 Å². The molecule has 2 rings (SSSR count). The molecule has 2 aromatic rings. The zero-order valence-electron chi connectivity index (χ0n) is 12.0. The molecule has 0 aliphatic rings. The summed E-state index contributed by atoms with van der Waals surface area (Å²) < 4.78 is 0. The first-order valence-corrected chi connectivity index (χ1v) is 6.88. The van der Waals surface area contributed by atoms with Gasteiger partial charge in [-0.2, -0.15) is 0 Å². The van der Waals surface area contributed by atoms with Gasteiger partial charge in [0.15, 0.2) is 0 Å². The van der Waals surface area contributed by atoms with Crippen molar-refractivity contribution in [3.05, 3.63) is 65.0 Å². The number of hydrogen-bond donors (Lipinski definition) is 1. The molecule has 3 nitrogen and oxygen atoms in total. The topological polar surface area (TPSA) is 42.0 Å². The van der Waals surface area contributed by atoms with E-state index in [-0.39, 0.29) is 5.91 Å². The van der Waals surface area contributed by atoms with E-state index in [2.05, 4.69) is 42.3 Å². The molecule has 0 spiro atoms. The van der Waals surface area contributed by atoms with Gasteiger partial charge in [-0.3, -0.25) is 9.78 Å². The van der Waals surface area contributed by atoms with Gasteiger partial charge in [-0.05, 0) is 43.5 Å². The number of hydrogen-bond acceptors (Lipinski definition) is 2. The van der Waals surface area contributed by atoms with Crippen molar-refractivity contribution in [2.24, 2.45) is 0 Å². The molecule has 0 saturated heterocycles. The second-order valence-corrected chi connectivity index (χ2v) is 5.03. The van der Waals surface area contributed by atoms with Gasteiger partial charge in [-0.15, -0.1) is 0 Å².